The molecule has 1 amide bonds. The van der Waals surface area contributed by atoms with Gasteiger partial charge in [-0.2, -0.15) is 0 Å². The molecule has 4 nitrogen and oxygen atoms in total. The molecule has 3 rings (SSSR count). The van der Waals surface area contributed by atoms with Crippen molar-refractivity contribution in [2.45, 2.75) is 12.8 Å². The van der Waals surface area contributed by atoms with Crippen LogP contribution in [0.15, 0.2) is 72.8 Å². The molecule has 134 valence electrons. The molecule has 26 heavy (non-hydrogen) atoms. The van der Waals surface area contributed by atoms with Crippen LogP contribution in [0.4, 0.5) is 5.69 Å². The monoisotopic (exact) mass is 348 g/mol. The van der Waals surface area contributed by atoms with E-state index in [4.69, 9.17) is 4.74 Å². The molecule has 0 aliphatic rings. The van der Waals surface area contributed by atoms with Crippen LogP contribution in [0.5, 0.6) is 5.75 Å². The average molecular weight is 348 g/mol. The largest absolute Gasteiger partial charge is 0.494 e. The van der Waals surface area contributed by atoms with Crippen LogP contribution in [0.2, 0.25) is 0 Å². The van der Waals surface area contributed by atoms with E-state index in [1.807, 2.05) is 48.5 Å². The second-order valence-electron chi connectivity index (χ2n) is 6.07. The third kappa shape index (κ3) is 5.24. The van der Waals surface area contributed by atoms with Gasteiger partial charge >= 0.3 is 0 Å². The van der Waals surface area contributed by atoms with Crippen LogP contribution in [0.25, 0.3) is 10.8 Å². The molecule has 0 fully saturated rings. The topological polar surface area (TPSA) is 50.4 Å². The van der Waals surface area contributed by atoms with Gasteiger partial charge in [-0.15, -0.1) is 0 Å². The molecule has 4 heteroatoms. The Labute approximate surface area is 154 Å². The zero-order chi connectivity index (χ0) is 18.0. The van der Waals surface area contributed by atoms with Gasteiger partial charge in [-0.3, -0.25) is 4.79 Å². The molecule has 0 aromatic heterocycles. The summed E-state index contributed by atoms with van der Waals surface area (Å²) in [6.07, 6.45) is 1.18. The highest BCUT2D eigenvalue weighted by atomic mass is 16.5. The van der Waals surface area contributed by atoms with Gasteiger partial charge in [-0.05, 0) is 30.0 Å². The van der Waals surface area contributed by atoms with Gasteiger partial charge in [-0.1, -0.05) is 54.6 Å². The minimum absolute atomic E-state index is 0.0568. The lowest BCUT2D eigenvalue weighted by Gasteiger charge is -2.11. The van der Waals surface area contributed by atoms with Gasteiger partial charge < -0.3 is 15.4 Å². The molecule has 0 saturated carbocycles. The first kappa shape index (κ1) is 17.8. The van der Waals surface area contributed by atoms with Gasteiger partial charge in [0.2, 0.25) is 5.91 Å². The molecule has 0 unspecified atom stereocenters. The van der Waals surface area contributed by atoms with E-state index in [0.717, 1.165) is 11.4 Å². The van der Waals surface area contributed by atoms with Crippen LogP contribution in [-0.2, 0) is 4.79 Å². The van der Waals surface area contributed by atoms with E-state index in [1.54, 1.807) is 0 Å². The Balaban J connectivity index is 1.32. The lowest BCUT2D eigenvalue weighted by Crippen LogP contribution is -2.28. The van der Waals surface area contributed by atoms with E-state index < -0.39 is 0 Å². The number of fused-ring (bicyclic) bond motifs is 1. The van der Waals surface area contributed by atoms with Crippen molar-refractivity contribution >= 4 is 22.4 Å². The lowest BCUT2D eigenvalue weighted by atomic mass is 10.1. The fraction of sp³-hybridized carbons (Fsp3) is 0.227. The average Bonchev–Trinajstić information content (AvgIpc) is 2.69. The smallest absolute Gasteiger partial charge is 0.220 e. The zero-order valence-corrected chi connectivity index (χ0v) is 14.8. The quantitative estimate of drug-likeness (QED) is 0.569. The van der Waals surface area contributed by atoms with Crippen LogP contribution >= 0.6 is 0 Å². The minimum Gasteiger partial charge on any atom is -0.494 e. The van der Waals surface area contributed by atoms with Gasteiger partial charge in [0.25, 0.3) is 0 Å². The molecule has 0 aliphatic carbocycles. The van der Waals surface area contributed by atoms with Crippen molar-refractivity contribution in [1.82, 2.24) is 5.32 Å². The molecular weight excluding hydrogens is 324 g/mol. The second kappa shape index (κ2) is 9.47. The summed E-state index contributed by atoms with van der Waals surface area (Å²) in [6.45, 7) is 1.84. The second-order valence-corrected chi connectivity index (χ2v) is 6.07. The van der Waals surface area contributed by atoms with E-state index in [-0.39, 0.29) is 5.91 Å². The Bertz CT molecular complexity index is 828. The fourth-order valence-corrected chi connectivity index (χ4v) is 2.81. The molecule has 3 aromatic carbocycles. The number of carbonyl (C=O) groups is 1. The van der Waals surface area contributed by atoms with Gasteiger partial charge in [-0.25, -0.2) is 0 Å². The SMILES string of the molecule is O=C(CCCOc1ccccc1)NCCNc1cccc2ccccc12. The van der Waals surface area contributed by atoms with Crippen molar-refractivity contribution in [2.75, 3.05) is 25.0 Å². The number of rotatable bonds is 9. The summed E-state index contributed by atoms with van der Waals surface area (Å²) in [5.41, 5.74) is 1.09. The van der Waals surface area contributed by atoms with Gasteiger partial charge in [0.1, 0.15) is 5.75 Å². The lowest BCUT2D eigenvalue weighted by molar-refractivity contribution is -0.121. The summed E-state index contributed by atoms with van der Waals surface area (Å²) in [5.74, 6) is 0.897. The number of amides is 1. The van der Waals surface area contributed by atoms with Crippen LogP contribution in [0.3, 0.4) is 0 Å². The van der Waals surface area contributed by atoms with Gasteiger partial charge in [0.05, 0.1) is 6.61 Å². The molecule has 0 bridgehead atoms. The fourth-order valence-electron chi connectivity index (χ4n) is 2.81. The summed E-state index contributed by atoms with van der Waals surface area (Å²) in [7, 11) is 0. The minimum atomic E-state index is 0.0568. The molecule has 0 saturated heterocycles. The Morgan fingerprint density at radius 3 is 2.50 bits per heavy atom. The van der Waals surface area contributed by atoms with Crippen LogP contribution in [-0.4, -0.2) is 25.6 Å². The van der Waals surface area contributed by atoms with E-state index >= 15 is 0 Å². The number of hydrogen-bond donors (Lipinski definition) is 2. The summed E-state index contributed by atoms with van der Waals surface area (Å²) in [4.78, 5) is 11.9. The molecule has 0 spiro atoms. The summed E-state index contributed by atoms with van der Waals surface area (Å²) in [6, 6.07) is 24.1. The maximum absolute atomic E-state index is 11.9. The standard InChI is InChI=1S/C22H24N2O2/c25-22(14-7-17-26-19-10-2-1-3-11-19)24-16-15-23-21-13-6-9-18-8-4-5-12-20(18)21/h1-6,8-13,23H,7,14-17H2,(H,24,25). The maximum atomic E-state index is 11.9. The maximum Gasteiger partial charge on any atom is 0.220 e. The normalized spacial score (nSPS) is 10.5. The zero-order valence-electron chi connectivity index (χ0n) is 14.8. The number of benzene rings is 3. The number of hydrogen-bond acceptors (Lipinski definition) is 3. The number of carbonyl (C=O) groups excluding carboxylic acids is 1. The van der Waals surface area contributed by atoms with Crippen molar-refractivity contribution in [3.8, 4) is 5.75 Å². The molecule has 0 radical (unpaired) electrons. The molecule has 0 aliphatic heterocycles. The highest BCUT2D eigenvalue weighted by Gasteiger charge is 2.02. The summed E-state index contributed by atoms with van der Waals surface area (Å²) in [5, 5.41) is 8.74. The van der Waals surface area contributed by atoms with E-state index in [0.29, 0.717) is 32.5 Å². The first-order valence-corrected chi connectivity index (χ1v) is 8.99. The molecule has 0 heterocycles. The number of nitrogens with one attached hydrogen (secondary N) is 2. The molecule has 3 aromatic rings. The van der Waals surface area contributed by atoms with Crippen molar-refractivity contribution in [3.63, 3.8) is 0 Å². The predicted molar refractivity (Wildman–Crippen MR) is 107 cm³/mol. The van der Waals surface area contributed by atoms with Gasteiger partial charge in [0, 0.05) is 30.6 Å². The Kier molecular flexibility index (Phi) is 6.48. The number of anilines is 1. The van der Waals surface area contributed by atoms with Crippen molar-refractivity contribution in [1.29, 1.82) is 0 Å². The van der Waals surface area contributed by atoms with Crippen molar-refractivity contribution < 1.29 is 9.53 Å². The third-order valence-corrected chi connectivity index (χ3v) is 4.11. The van der Waals surface area contributed by atoms with Crippen molar-refractivity contribution in [3.05, 3.63) is 72.8 Å². The van der Waals surface area contributed by atoms with E-state index in [2.05, 4.69) is 34.9 Å². The Morgan fingerprint density at radius 1 is 0.846 bits per heavy atom. The Hall–Kier alpha value is -3.01. The molecule has 0 atom stereocenters. The predicted octanol–water partition coefficient (Wildman–Crippen LogP) is 4.23. The Morgan fingerprint density at radius 2 is 1.62 bits per heavy atom. The van der Waals surface area contributed by atoms with E-state index in [1.165, 1.54) is 10.8 Å². The van der Waals surface area contributed by atoms with E-state index in [9.17, 15) is 4.79 Å². The van der Waals surface area contributed by atoms with Crippen molar-refractivity contribution in [2.24, 2.45) is 0 Å². The third-order valence-electron chi connectivity index (χ3n) is 4.11. The van der Waals surface area contributed by atoms with Crippen LogP contribution < -0.4 is 15.4 Å². The number of para-hydroxylation sites is 1. The highest BCUT2D eigenvalue weighted by molar-refractivity contribution is 5.93. The number of ether oxygens (including phenoxy) is 1. The first-order chi connectivity index (χ1) is 12.8. The summed E-state index contributed by atoms with van der Waals surface area (Å²) >= 11 is 0. The van der Waals surface area contributed by atoms with Gasteiger partial charge in [0.15, 0.2) is 0 Å². The first-order valence-electron chi connectivity index (χ1n) is 8.99. The molecular formula is C22H24N2O2. The highest BCUT2D eigenvalue weighted by Crippen LogP contribution is 2.22. The van der Waals surface area contributed by atoms with Crippen LogP contribution in [0, 0.1) is 0 Å². The molecule has 2 N–H and O–H groups in total. The van der Waals surface area contributed by atoms with Crippen LogP contribution in [0.1, 0.15) is 12.8 Å². The summed E-state index contributed by atoms with van der Waals surface area (Å²) < 4.78 is 5.59.